The zero-order chi connectivity index (χ0) is 28.2. The number of aromatic nitrogens is 1. The Kier molecular flexibility index (Phi) is 11.7. The first kappa shape index (κ1) is 30.3. The second-order valence-corrected chi connectivity index (χ2v) is 9.09. The van der Waals surface area contributed by atoms with E-state index in [2.05, 4.69) is 20.9 Å². The van der Waals surface area contributed by atoms with Gasteiger partial charge in [-0.15, -0.1) is 0 Å². The topological polar surface area (TPSA) is 230 Å². The Balaban J connectivity index is 2.19. The lowest BCUT2D eigenvalue weighted by atomic mass is 10.0. The van der Waals surface area contributed by atoms with Gasteiger partial charge in [-0.2, -0.15) is 0 Å². The number of unbranched alkanes of at least 4 members (excludes halogenated alkanes) is 1. The van der Waals surface area contributed by atoms with Gasteiger partial charge in [-0.3, -0.25) is 19.2 Å². The van der Waals surface area contributed by atoms with Crippen molar-refractivity contribution in [3.8, 4) is 0 Å². The van der Waals surface area contributed by atoms with E-state index in [9.17, 15) is 29.1 Å². The Morgan fingerprint density at radius 1 is 0.895 bits per heavy atom. The Labute approximate surface area is 219 Å². The summed E-state index contributed by atoms with van der Waals surface area (Å²) in [7, 11) is 0. The van der Waals surface area contributed by atoms with Gasteiger partial charge < -0.3 is 42.6 Å². The van der Waals surface area contributed by atoms with Crippen molar-refractivity contribution < 1.29 is 34.2 Å². The molecule has 0 aliphatic heterocycles. The van der Waals surface area contributed by atoms with Crippen LogP contribution < -0.4 is 27.4 Å². The number of carbonyl (C=O) groups excluding carboxylic acids is 3. The van der Waals surface area contributed by atoms with Gasteiger partial charge in [-0.25, -0.2) is 4.79 Å². The van der Waals surface area contributed by atoms with Gasteiger partial charge in [-0.1, -0.05) is 18.2 Å². The molecule has 2 aromatic rings. The summed E-state index contributed by atoms with van der Waals surface area (Å²) in [6.07, 6.45) is 2.18. The molecule has 2 rings (SSSR count). The van der Waals surface area contributed by atoms with E-state index in [4.69, 9.17) is 16.6 Å². The number of rotatable bonds is 16. The van der Waals surface area contributed by atoms with Crippen LogP contribution >= 0.6 is 0 Å². The molecule has 0 aliphatic rings. The summed E-state index contributed by atoms with van der Waals surface area (Å²) >= 11 is 0. The van der Waals surface area contributed by atoms with Crippen LogP contribution in [0.25, 0.3) is 10.9 Å². The van der Waals surface area contributed by atoms with Crippen LogP contribution in [0.2, 0.25) is 0 Å². The number of nitrogens with two attached hydrogens (primary N) is 2. The minimum absolute atomic E-state index is 0.0448. The Bertz CT molecular complexity index is 1130. The molecule has 0 bridgehead atoms. The molecule has 0 fully saturated rings. The third-order valence-electron chi connectivity index (χ3n) is 5.99. The van der Waals surface area contributed by atoms with Crippen molar-refractivity contribution in [3.63, 3.8) is 0 Å². The number of para-hydroxylation sites is 1. The van der Waals surface area contributed by atoms with Gasteiger partial charge in [0, 0.05) is 29.9 Å². The predicted molar refractivity (Wildman–Crippen MR) is 139 cm³/mol. The molecule has 4 atom stereocenters. The second kappa shape index (κ2) is 14.7. The summed E-state index contributed by atoms with van der Waals surface area (Å²) in [5.74, 6) is -4.64. The van der Waals surface area contributed by atoms with Crippen LogP contribution in [0.3, 0.4) is 0 Å². The summed E-state index contributed by atoms with van der Waals surface area (Å²) in [6.45, 7) is 1.83. The maximum absolute atomic E-state index is 13.1. The van der Waals surface area contributed by atoms with Crippen LogP contribution in [0.4, 0.5) is 0 Å². The Morgan fingerprint density at radius 3 is 2.11 bits per heavy atom. The summed E-state index contributed by atoms with van der Waals surface area (Å²) in [5, 5.41) is 27.1. The number of benzene rings is 1. The molecule has 3 amide bonds. The zero-order valence-corrected chi connectivity index (χ0v) is 21.2. The number of carboxylic acid groups (broad SMARTS) is 2. The standard InChI is InChI=1S/C25H36N6O7/c1-14(27)22(34)29-18(8-4-5-11-26)23(35)30-19(9-10-21(32)33)24(36)31-20(25(37)38)12-15-13-28-17-7-3-2-6-16(15)17/h2-3,6-7,13-14,18-20,28H,4-5,8-12,26-27H2,1H3,(H,29,34)(H,30,35)(H,31,36)(H,32,33)(H,37,38). The quantitative estimate of drug-likeness (QED) is 0.131. The van der Waals surface area contributed by atoms with Gasteiger partial charge in [0.15, 0.2) is 0 Å². The number of aliphatic carboxylic acids is 2. The maximum Gasteiger partial charge on any atom is 0.326 e. The first-order chi connectivity index (χ1) is 18.0. The molecular weight excluding hydrogens is 496 g/mol. The minimum atomic E-state index is -1.35. The average Bonchev–Trinajstić information content (AvgIpc) is 3.27. The molecule has 208 valence electrons. The van der Waals surface area contributed by atoms with Gasteiger partial charge in [0.2, 0.25) is 17.7 Å². The van der Waals surface area contributed by atoms with E-state index in [1.54, 1.807) is 12.3 Å². The Hall–Kier alpha value is -3.97. The SMILES string of the molecule is CC(N)C(=O)NC(CCCCN)C(=O)NC(CCC(=O)O)C(=O)NC(Cc1c[nH]c2ccccc12)C(=O)O. The van der Waals surface area contributed by atoms with Crippen molar-refractivity contribution in [2.75, 3.05) is 6.54 Å². The van der Waals surface area contributed by atoms with Crippen molar-refractivity contribution >= 4 is 40.6 Å². The average molecular weight is 533 g/mol. The lowest BCUT2D eigenvalue weighted by molar-refractivity contribution is -0.143. The third-order valence-corrected chi connectivity index (χ3v) is 5.99. The smallest absolute Gasteiger partial charge is 0.326 e. The molecule has 0 saturated heterocycles. The van der Waals surface area contributed by atoms with E-state index in [1.807, 2.05) is 18.2 Å². The van der Waals surface area contributed by atoms with Crippen LogP contribution in [-0.4, -0.2) is 75.6 Å². The highest BCUT2D eigenvalue weighted by atomic mass is 16.4. The summed E-state index contributed by atoms with van der Waals surface area (Å²) in [6, 6.07) is 2.66. The third kappa shape index (κ3) is 9.16. The molecule has 4 unspecified atom stereocenters. The van der Waals surface area contributed by atoms with Gasteiger partial charge in [-0.05, 0) is 50.8 Å². The van der Waals surface area contributed by atoms with Gasteiger partial charge in [0.05, 0.1) is 6.04 Å². The lowest BCUT2D eigenvalue weighted by Crippen LogP contribution is -2.57. The number of nitrogens with one attached hydrogen (secondary N) is 4. The number of fused-ring (bicyclic) bond motifs is 1. The van der Waals surface area contributed by atoms with Crippen LogP contribution in [0.5, 0.6) is 0 Å². The highest BCUT2D eigenvalue weighted by molar-refractivity contribution is 5.94. The number of carbonyl (C=O) groups is 5. The molecule has 1 heterocycles. The van der Waals surface area contributed by atoms with E-state index < -0.39 is 60.2 Å². The van der Waals surface area contributed by atoms with E-state index in [0.717, 1.165) is 10.9 Å². The zero-order valence-electron chi connectivity index (χ0n) is 21.2. The number of hydrogen-bond acceptors (Lipinski definition) is 7. The Morgan fingerprint density at radius 2 is 1.50 bits per heavy atom. The van der Waals surface area contributed by atoms with Crippen LogP contribution in [0.15, 0.2) is 30.5 Å². The number of H-pyrrole nitrogens is 1. The molecule has 13 heteroatoms. The highest BCUT2D eigenvalue weighted by Gasteiger charge is 2.30. The first-order valence-corrected chi connectivity index (χ1v) is 12.4. The molecule has 0 spiro atoms. The van der Waals surface area contributed by atoms with Crippen molar-refractivity contribution in [3.05, 3.63) is 36.0 Å². The minimum Gasteiger partial charge on any atom is -0.481 e. The highest BCUT2D eigenvalue weighted by Crippen LogP contribution is 2.19. The number of carboxylic acids is 2. The van der Waals surface area contributed by atoms with Crippen molar-refractivity contribution in [1.29, 1.82) is 0 Å². The molecule has 1 aromatic carbocycles. The van der Waals surface area contributed by atoms with Crippen LogP contribution in [-0.2, 0) is 30.4 Å². The van der Waals surface area contributed by atoms with E-state index in [1.165, 1.54) is 6.92 Å². The monoisotopic (exact) mass is 532 g/mol. The molecule has 1 aromatic heterocycles. The summed E-state index contributed by atoms with van der Waals surface area (Å²) in [4.78, 5) is 64.5. The fraction of sp³-hybridized carbons (Fsp3) is 0.480. The molecule has 38 heavy (non-hydrogen) atoms. The number of aromatic amines is 1. The van der Waals surface area contributed by atoms with E-state index >= 15 is 0 Å². The fourth-order valence-corrected chi connectivity index (χ4v) is 3.87. The number of amides is 3. The molecule has 0 aliphatic carbocycles. The van der Waals surface area contributed by atoms with Crippen molar-refractivity contribution in [2.45, 2.75) is 69.6 Å². The van der Waals surface area contributed by atoms with E-state index in [-0.39, 0.29) is 19.3 Å². The molecule has 13 nitrogen and oxygen atoms in total. The normalized spacial score (nSPS) is 14.2. The summed E-state index contributed by atoms with van der Waals surface area (Å²) in [5.41, 5.74) is 12.6. The fourth-order valence-electron chi connectivity index (χ4n) is 3.87. The molecule has 10 N–H and O–H groups in total. The van der Waals surface area contributed by atoms with Crippen molar-refractivity contribution in [2.24, 2.45) is 11.5 Å². The van der Waals surface area contributed by atoms with Crippen LogP contribution in [0.1, 0.15) is 44.6 Å². The molecule has 0 radical (unpaired) electrons. The van der Waals surface area contributed by atoms with Crippen molar-refractivity contribution in [1.82, 2.24) is 20.9 Å². The summed E-state index contributed by atoms with van der Waals surface area (Å²) < 4.78 is 0. The number of hydrogen-bond donors (Lipinski definition) is 8. The second-order valence-electron chi connectivity index (χ2n) is 9.09. The molecular formula is C25H36N6O7. The largest absolute Gasteiger partial charge is 0.481 e. The first-order valence-electron chi connectivity index (χ1n) is 12.4. The van der Waals surface area contributed by atoms with E-state index in [0.29, 0.717) is 24.9 Å². The van der Waals surface area contributed by atoms with Gasteiger partial charge in [0.25, 0.3) is 0 Å². The van der Waals surface area contributed by atoms with Gasteiger partial charge >= 0.3 is 11.9 Å². The predicted octanol–water partition coefficient (Wildman–Crippen LogP) is -0.410. The molecule has 0 saturated carbocycles. The maximum atomic E-state index is 13.1. The van der Waals surface area contributed by atoms with Gasteiger partial charge in [0.1, 0.15) is 18.1 Å². The van der Waals surface area contributed by atoms with Crippen LogP contribution in [0, 0.1) is 0 Å². The lowest BCUT2D eigenvalue weighted by Gasteiger charge is -2.25.